The zero-order valence-electron chi connectivity index (χ0n) is 18.5. The number of nitrogens with one attached hydrogen (secondary N) is 1. The van der Waals surface area contributed by atoms with Crippen molar-refractivity contribution in [3.05, 3.63) is 59.9 Å². The van der Waals surface area contributed by atoms with Crippen molar-refractivity contribution in [3.63, 3.8) is 0 Å². The monoisotopic (exact) mass is 468 g/mol. The molecule has 2 aromatic carbocycles. The summed E-state index contributed by atoms with van der Waals surface area (Å²) in [5, 5.41) is 10.8. The van der Waals surface area contributed by atoms with Gasteiger partial charge in [-0.3, -0.25) is 4.79 Å². The minimum Gasteiger partial charge on any atom is -0.497 e. The van der Waals surface area contributed by atoms with Gasteiger partial charge in [-0.25, -0.2) is 4.68 Å². The molecule has 10 nitrogen and oxygen atoms in total. The molecule has 0 aliphatic carbocycles. The van der Waals surface area contributed by atoms with Gasteiger partial charge in [0.05, 0.1) is 23.4 Å². The summed E-state index contributed by atoms with van der Waals surface area (Å²) in [6, 6.07) is 13.2. The van der Waals surface area contributed by atoms with Crippen LogP contribution in [0.25, 0.3) is 5.69 Å². The molecule has 0 saturated carbocycles. The summed E-state index contributed by atoms with van der Waals surface area (Å²) >= 11 is 0. The molecule has 1 aromatic heterocycles. The zero-order valence-corrected chi connectivity index (χ0v) is 19.3. The van der Waals surface area contributed by atoms with Gasteiger partial charge in [-0.1, -0.05) is 17.3 Å². The molecule has 2 heterocycles. The molecule has 0 atom stereocenters. The molecule has 1 aliphatic heterocycles. The highest BCUT2D eigenvalue weighted by atomic mass is 32.2. The second-order valence-corrected chi connectivity index (χ2v) is 9.23. The van der Waals surface area contributed by atoms with Gasteiger partial charge in [0.25, 0.3) is 15.9 Å². The van der Waals surface area contributed by atoms with Crippen LogP contribution in [0.2, 0.25) is 0 Å². The molecule has 0 spiro atoms. The smallest absolute Gasteiger partial charge is 0.284 e. The van der Waals surface area contributed by atoms with Crippen molar-refractivity contribution in [2.75, 3.05) is 26.0 Å². The van der Waals surface area contributed by atoms with Crippen molar-refractivity contribution in [2.24, 2.45) is 4.40 Å². The van der Waals surface area contributed by atoms with Crippen LogP contribution in [0.15, 0.2) is 57.8 Å². The molecule has 3 aromatic rings. The van der Waals surface area contributed by atoms with Crippen LogP contribution < -0.4 is 10.1 Å². The third-order valence-corrected chi connectivity index (χ3v) is 6.66. The Morgan fingerprint density at radius 3 is 2.70 bits per heavy atom. The number of likely N-dealkylation sites (tertiary alicyclic amines) is 1. The molecule has 1 N–H and O–H groups in total. The van der Waals surface area contributed by atoms with E-state index in [4.69, 9.17) is 4.74 Å². The van der Waals surface area contributed by atoms with Crippen LogP contribution in [0.3, 0.4) is 0 Å². The summed E-state index contributed by atoms with van der Waals surface area (Å²) in [5.74, 6) is 0.686. The van der Waals surface area contributed by atoms with Crippen molar-refractivity contribution in [1.82, 2.24) is 19.9 Å². The Hall–Kier alpha value is -3.73. The fraction of sp³-hybridized carbons (Fsp3) is 0.273. The van der Waals surface area contributed by atoms with Gasteiger partial charge >= 0.3 is 0 Å². The van der Waals surface area contributed by atoms with Crippen LogP contribution in [0.1, 0.15) is 29.0 Å². The second kappa shape index (κ2) is 9.02. The number of aromatic nitrogens is 3. The number of hydrogen-bond donors (Lipinski definition) is 1. The van der Waals surface area contributed by atoms with Crippen LogP contribution in [0.4, 0.5) is 5.69 Å². The number of sulfonamides is 1. The summed E-state index contributed by atoms with van der Waals surface area (Å²) in [5.41, 5.74) is 1.66. The van der Waals surface area contributed by atoms with Gasteiger partial charge in [0.15, 0.2) is 5.69 Å². The van der Waals surface area contributed by atoms with E-state index in [-0.39, 0.29) is 10.6 Å². The van der Waals surface area contributed by atoms with E-state index in [1.807, 2.05) is 24.1 Å². The topological polar surface area (TPSA) is 119 Å². The van der Waals surface area contributed by atoms with E-state index >= 15 is 0 Å². The standard InChI is InChI=1S/C22H24N6O4S/c1-15-21(24-26-28(15)17-8-5-9-18(14-17)32-3)22(29)23-16-7-4-10-19(13-16)33(30,31)25-20-11-6-12-27(20)2/h4-5,7-10,13-14H,6,11-12H2,1-3H3,(H,23,29)/b25-20-. The molecule has 1 fully saturated rings. The number of hydrogen-bond acceptors (Lipinski definition) is 6. The van der Waals surface area contributed by atoms with Crippen LogP contribution in [-0.4, -0.2) is 60.8 Å². The maximum Gasteiger partial charge on any atom is 0.284 e. The maximum absolute atomic E-state index is 12.9. The lowest BCUT2D eigenvalue weighted by Crippen LogP contribution is -2.20. The number of amides is 1. The number of amidine groups is 1. The molecule has 1 aliphatic rings. The quantitative estimate of drug-likeness (QED) is 0.591. The average molecular weight is 469 g/mol. The third kappa shape index (κ3) is 4.72. The molecule has 4 rings (SSSR count). The van der Waals surface area contributed by atoms with E-state index in [2.05, 4.69) is 20.0 Å². The zero-order chi connectivity index (χ0) is 23.6. The first-order valence-electron chi connectivity index (χ1n) is 10.3. The van der Waals surface area contributed by atoms with Crippen LogP contribution in [0.5, 0.6) is 5.75 Å². The van der Waals surface area contributed by atoms with E-state index in [0.29, 0.717) is 35.1 Å². The molecule has 11 heteroatoms. The van der Waals surface area contributed by atoms with Gasteiger partial charge in [-0.15, -0.1) is 9.50 Å². The summed E-state index contributed by atoms with van der Waals surface area (Å²) in [4.78, 5) is 14.7. The number of benzene rings is 2. The number of methoxy groups -OCH3 is 1. The molecular weight excluding hydrogens is 444 g/mol. The maximum atomic E-state index is 12.9. The van der Waals surface area contributed by atoms with Crippen LogP contribution in [0, 0.1) is 6.92 Å². The molecule has 1 saturated heterocycles. The number of anilines is 1. The Morgan fingerprint density at radius 2 is 1.97 bits per heavy atom. The summed E-state index contributed by atoms with van der Waals surface area (Å²) in [6.45, 7) is 2.50. The van der Waals surface area contributed by atoms with Crippen molar-refractivity contribution < 1.29 is 17.9 Å². The van der Waals surface area contributed by atoms with Gasteiger partial charge in [0.2, 0.25) is 0 Å². The fourth-order valence-electron chi connectivity index (χ4n) is 3.55. The summed E-state index contributed by atoms with van der Waals surface area (Å²) < 4.78 is 36.2. The highest BCUT2D eigenvalue weighted by Crippen LogP contribution is 2.22. The molecule has 1 amide bonds. The molecule has 0 bridgehead atoms. The van der Waals surface area contributed by atoms with Crippen LogP contribution in [-0.2, 0) is 10.0 Å². The Bertz CT molecular complexity index is 1330. The third-order valence-electron chi connectivity index (χ3n) is 5.36. The van der Waals surface area contributed by atoms with E-state index in [1.165, 1.54) is 16.8 Å². The first kappa shape index (κ1) is 22.5. The molecular formula is C22H24N6O4S. The predicted octanol–water partition coefficient (Wildman–Crippen LogP) is 2.65. The normalized spacial score (nSPS) is 15.1. The number of nitrogens with zero attached hydrogens (tertiary/aromatic N) is 5. The Morgan fingerprint density at radius 1 is 1.18 bits per heavy atom. The molecule has 0 unspecified atom stereocenters. The summed E-state index contributed by atoms with van der Waals surface area (Å²) in [6.07, 6.45) is 1.49. The van der Waals surface area contributed by atoms with Gasteiger partial charge in [-0.05, 0) is 43.7 Å². The van der Waals surface area contributed by atoms with Crippen molar-refractivity contribution in [1.29, 1.82) is 0 Å². The first-order valence-corrected chi connectivity index (χ1v) is 11.8. The summed E-state index contributed by atoms with van der Waals surface area (Å²) in [7, 11) is -0.509. The molecule has 172 valence electrons. The SMILES string of the molecule is COc1cccc(-n2nnc(C(=O)Nc3cccc(S(=O)(=O)/N=C4/CCCN4C)c3)c2C)c1. The van der Waals surface area contributed by atoms with E-state index in [9.17, 15) is 13.2 Å². The van der Waals surface area contributed by atoms with Gasteiger partial charge < -0.3 is 15.0 Å². The lowest BCUT2D eigenvalue weighted by molar-refractivity contribution is 0.102. The predicted molar refractivity (Wildman–Crippen MR) is 124 cm³/mol. The molecule has 0 radical (unpaired) electrons. The second-order valence-electron chi connectivity index (χ2n) is 7.63. The minimum atomic E-state index is -3.90. The van der Waals surface area contributed by atoms with Gasteiger partial charge in [0.1, 0.15) is 11.6 Å². The minimum absolute atomic E-state index is 0.00450. The van der Waals surface area contributed by atoms with Crippen molar-refractivity contribution >= 4 is 27.5 Å². The van der Waals surface area contributed by atoms with Gasteiger partial charge in [0, 0.05) is 31.8 Å². The average Bonchev–Trinajstić information content (AvgIpc) is 3.38. The van der Waals surface area contributed by atoms with E-state index in [0.717, 1.165) is 13.0 Å². The highest BCUT2D eigenvalue weighted by Gasteiger charge is 2.22. The number of ether oxygens (including phenoxy) is 1. The Balaban J connectivity index is 1.56. The lowest BCUT2D eigenvalue weighted by atomic mass is 10.2. The highest BCUT2D eigenvalue weighted by molar-refractivity contribution is 7.90. The van der Waals surface area contributed by atoms with Gasteiger partial charge in [-0.2, -0.15) is 8.42 Å². The van der Waals surface area contributed by atoms with Crippen molar-refractivity contribution in [2.45, 2.75) is 24.7 Å². The van der Waals surface area contributed by atoms with E-state index < -0.39 is 15.9 Å². The van der Waals surface area contributed by atoms with Crippen molar-refractivity contribution in [3.8, 4) is 11.4 Å². The fourth-order valence-corrected chi connectivity index (χ4v) is 4.69. The first-order chi connectivity index (χ1) is 15.8. The number of carbonyl (C=O) groups is 1. The number of rotatable bonds is 6. The van der Waals surface area contributed by atoms with E-state index in [1.54, 1.807) is 38.3 Å². The Labute approximate surface area is 191 Å². The molecule has 33 heavy (non-hydrogen) atoms. The largest absolute Gasteiger partial charge is 0.497 e. The number of carbonyl (C=O) groups excluding carboxylic acids is 1. The Kier molecular flexibility index (Phi) is 6.14. The lowest BCUT2D eigenvalue weighted by Gasteiger charge is -2.11. The van der Waals surface area contributed by atoms with Crippen LogP contribution >= 0.6 is 0 Å².